The zero-order chi connectivity index (χ0) is 28.1. The van der Waals surface area contributed by atoms with Gasteiger partial charge in [-0.15, -0.1) is 0 Å². The van der Waals surface area contributed by atoms with E-state index in [0.717, 1.165) is 59.3 Å². The molecule has 4 fully saturated rings. The van der Waals surface area contributed by atoms with Crippen LogP contribution in [0.2, 0.25) is 0 Å². The molecular formula is C33H40N6O2. The lowest BCUT2D eigenvalue weighted by atomic mass is 9.64. The van der Waals surface area contributed by atoms with Crippen molar-refractivity contribution in [2.75, 3.05) is 13.7 Å². The Morgan fingerprint density at radius 1 is 1.02 bits per heavy atom. The molecule has 41 heavy (non-hydrogen) atoms. The molecule has 8 heteroatoms. The molecule has 3 atom stereocenters. The quantitative estimate of drug-likeness (QED) is 0.272. The molecule has 0 aliphatic heterocycles. The molecule has 1 unspecified atom stereocenters. The van der Waals surface area contributed by atoms with Crippen LogP contribution in [0.3, 0.4) is 0 Å². The van der Waals surface area contributed by atoms with E-state index < -0.39 is 0 Å². The van der Waals surface area contributed by atoms with Crippen LogP contribution >= 0.6 is 0 Å². The monoisotopic (exact) mass is 552 g/mol. The van der Waals surface area contributed by atoms with Gasteiger partial charge in [-0.3, -0.25) is 4.79 Å². The molecule has 214 valence electrons. The summed E-state index contributed by atoms with van der Waals surface area (Å²) in [7, 11) is 1.66. The Labute approximate surface area is 240 Å². The molecule has 1 N–H and O–H groups in total. The van der Waals surface area contributed by atoms with Crippen molar-refractivity contribution in [3.05, 3.63) is 36.0 Å². The summed E-state index contributed by atoms with van der Waals surface area (Å²) in [5.41, 5.74) is 5.14. The molecule has 1 amide bonds. The maximum absolute atomic E-state index is 13.2. The van der Waals surface area contributed by atoms with Gasteiger partial charge >= 0.3 is 0 Å². The fraction of sp³-hybridized carbons (Fsp3) is 0.576. The molecule has 8 rings (SSSR count). The lowest BCUT2D eigenvalue weighted by molar-refractivity contribution is 0.0839. The molecule has 4 saturated carbocycles. The van der Waals surface area contributed by atoms with Crippen molar-refractivity contribution in [2.45, 2.75) is 72.4 Å². The number of ether oxygens (including phenoxy) is 1. The van der Waals surface area contributed by atoms with E-state index in [-0.39, 0.29) is 5.91 Å². The zero-order valence-corrected chi connectivity index (χ0v) is 24.6. The number of nitrogens with zero attached hydrogens (tertiary/aromatic N) is 5. The molecule has 0 bridgehead atoms. The Morgan fingerprint density at radius 2 is 1.80 bits per heavy atom. The Hall–Kier alpha value is -3.42. The van der Waals surface area contributed by atoms with Gasteiger partial charge in [-0.1, -0.05) is 20.8 Å². The predicted molar refractivity (Wildman–Crippen MR) is 159 cm³/mol. The van der Waals surface area contributed by atoms with E-state index in [1.165, 1.54) is 38.5 Å². The van der Waals surface area contributed by atoms with Gasteiger partial charge in [0, 0.05) is 37.3 Å². The summed E-state index contributed by atoms with van der Waals surface area (Å²) < 4.78 is 10.1. The fourth-order valence-corrected chi connectivity index (χ4v) is 7.90. The molecule has 0 aromatic carbocycles. The largest absolute Gasteiger partial charge is 0.481 e. The smallest absolute Gasteiger partial charge is 0.252 e. The van der Waals surface area contributed by atoms with Crippen LogP contribution in [0.25, 0.3) is 33.7 Å². The highest BCUT2D eigenvalue weighted by atomic mass is 16.5. The van der Waals surface area contributed by atoms with Gasteiger partial charge in [0.25, 0.3) is 5.91 Å². The predicted octanol–water partition coefficient (Wildman–Crippen LogP) is 6.08. The fourth-order valence-electron chi connectivity index (χ4n) is 7.90. The zero-order valence-electron chi connectivity index (χ0n) is 24.6. The van der Waals surface area contributed by atoms with E-state index in [1.807, 2.05) is 12.1 Å². The first-order valence-electron chi connectivity index (χ1n) is 15.4. The summed E-state index contributed by atoms with van der Waals surface area (Å²) in [6.45, 7) is 9.57. The molecule has 0 radical (unpaired) electrons. The number of carbonyl (C=O) groups is 1. The third-order valence-electron chi connectivity index (χ3n) is 10.6. The van der Waals surface area contributed by atoms with Gasteiger partial charge in [0.05, 0.1) is 18.4 Å². The number of carbonyl (C=O) groups excluding carboxylic acids is 1. The van der Waals surface area contributed by atoms with Crippen LogP contribution in [0.5, 0.6) is 5.88 Å². The van der Waals surface area contributed by atoms with Gasteiger partial charge in [-0.2, -0.15) is 4.98 Å². The molecule has 0 saturated heterocycles. The maximum Gasteiger partial charge on any atom is 0.252 e. The minimum atomic E-state index is -0.0502. The molecule has 8 nitrogen and oxygen atoms in total. The highest BCUT2D eigenvalue weighted by Gasteiger charge is 2.67. The second kappa shape index (κ2) is 8.79. The van der Waals surface area contributed by atoms with Gasteiger partial charge in [-0.25, -0.2) is 9.97 Å². The second-order valence-electron chi connectivity index (χ2n) is 14.4. The van der Waals surface area contributed by atoms with Crippen LogP contribution in [-0.4, -0.2) is 43.6 Å². The molecule has 1 spiro atoms. The Balaban J connectivity index is 1.17. The third-order valence-corrected chi connectivity index (χ3v) is 10.6. The van der Waals surface area contributed by atoms with Gasteiger partial charge in [0.1, 0.15) is 11.2 Å². The molecular weight excluding hydrogens is 512 g/mol. The minimum absolute atomic E-state index is 0.0502. The van der Waals surface area contributed by atoms with Crippen LogP contribution in [0.15, 0.2) is 30.5 Å². The molecule has 4 aliphatic rings. The summed E-state index contributed by atoms with van der Waals surface area (Å²) in [6.07, 6.45) is 9.19. The number of methoxy groups -OCH3 is 1. The van der Waals surface area contributed by atoms with Crippen molar-refractivity contribution >= 4 is 28.1 Å². The van der Waals surface area contributed by atoms with E-state index >= 15 is 0 Å². The van der Waals surface area contributed by atoms with Crippen molar-refractivity contribution in [1.29, 1.82) is 0 Å². The number of hydrogen-bond donors (Lipinski definition) is 1. The second-order valence-corrected chi connectivity index (χ2v) is 14.4. The standard InChI is InChI=1S/C33H40N6O2/c1-19-11-33(19)14-24(33)16-35-31(40)23-9-25-29(34-15-23)39(18-21-12-32(2,3)13-21)30(36-25)26-10-22-7-8-27(41-4)37-28(22)38(26)17-20-5-6-20/h7-10,15,19-21,24H,5-6,11-14,16-18H2,1-4H3,(H,35,40)/t19?,24-,33-/m1/s1. The normalized spacial score (nSPS) is 26.4. The Bertz CT molecular complexity index is 1690. The Kier molecular flexibility index (Phi) is 5.43. The Morgan fingerprint density at radius 3 is 2.49 bits per heavy atom. The van der Waals surface area contributed by atoms with E-state index in [4.69, 9.17) is 19.7 Å². The summed E-state index contributed by atoms with van der Waals surface area (Å²) in [5, 5.41) is 4.27. The molecule has 4 aromatic heterocycles. The SMILES string of the molecule is COc1ccc2cc(-c3nc4cc(C(=O)NC[C@H]5C[C@@]56CC6C)cnc4n3CC3CC(C)(C)C3)n(CC3CC3)c2n1. The van der Waals surface area contributed by atoms with Gasteiger partial charge in [0.2, 0.25) is 5.88 Å². The minimum Gasteiger partial charge on any atom is -0.481 e. The van der Waals surface area contributed by atoms with Crippen molar-refractivity contribution in [3.8, 4) is 17.4 Å². The summed E-state index contributed by atoms with van der Waals surface area (Å²) in [5.74, 6) is 4.19. The van der Waals surface area contributed by atoms with Gasteiger partial charge in [0.15, 0.2) is 11.5 Å². The van der Waals surface area contributed by atoms with Crippen LogP contribution in [0.4, 0.5) is 0 Å². The van der Waals surface area contributed by atoms with Crippen molar-refractivity contribution < 1.29 is 9.53 Å². The number of pyridine rings is 2. The molecule has 4 heterocycles. The van der Waals surface area contributed by atoms with E-state index in [9.17, 15) is 4.79 Å². The average molecular weight is 553 g/mol. The van der Waals surface area contributed by atoms with Crippen LogP contribution in [0.1, 0.15) is 69.7 Å². The number of aromatic nitrogens is 5. The van der Waals surface area contributed by atoms with Crippen LogP contribution in [-0.2, 0) is 13.1 Å². The first-order valence-corrected chi connectivity index (χ1v) is 15.4. The highest BCUT2D eigenvalue weighted by Crippen LogP contribution is 2.74. The highest BCUT2D eigenvalue weighted by molar-refractivity contribution is 5.97. The van der Waals surface area contributed by atoms with Crippen molar-refractivity contribution in [3.63, 3.8) is 0 Å². The van der Waals surface area contributed by atoms with Crippen molar-refractivity contribution in [1.82, 2.24) is 29.4 Å². The lowest BCUT2D eigenvalue weighted by Gasteiger charge is -2.43. The summed E-state index contributed by atoms with van der Waals surface area (Å²) in [4.78, 5) is 28.1. The number of rotatable bonds is 9. The van der Waals surface area contributed by atoms with Crippen molar-refractivity contribution in [2.24, 2.45) is 34.5 Å². The van der Waals surface area contributed by atoms with E-state index in [2.05, 4.69) is 47.4 Å². The van der Waals surface area contributed by atoms with Crippen LogP contribution < -0.4 is 10.1 Å². The topological polar surface area (TPSA) is 86.9 Å². The first kappa shape index (κ1) is 25.3. The summed E-state index contributed by atoms with van der Waals surface area (Å²) >= 11 is 0. The number of amides is 1. The third kappa shape index (κ3) is 4.32. The number of hydrogen-bond acceptors (Lipinski definition) is 5. The van der Waals surface area contributed by atoms with Gasteiger partial charge < -0.3 is 19.2 Å². The lowest BCUT2D eigenvalue weighted by Crippen LogP contribution is -2.34. The van der Waals surface area contributed by atoms with Gasteiger partial charge in [-0.05, 0) is 91.2 Å². The molecule has 4 aromatic rings. The number of nitrogens with one attached hydrogen (secondary N) is 1. The van der Waals surface area contributed by atoms with E-state index in [0.29, 0.717) is 40.0 Å². The van der Waals surface area contributed by atoms with Crippen LogP contribution in [0, 0.1) is 34.5 Å². The maximum atomic E-state index is 13.2. The number of imidazole rings is 1. The van der Waals surface area contributed by atoms with E-state index in [1.54, 1.807) is 13.3 Å². The average Bonchev–Trinajstić information content (AvgIpc) is 3.89. The molecule has 4 aliphatic carbocycles. The number of fused-ring (bicyclic) bond motifs is 2. The summed E-state index contributed by atoms with van der Waals surface area (Å²) in [6, 6.07) is 8.15. The first-order chi connectivity index (χ1) is 19.7.